The molecule has 244 valence electrons. The number of carbonyl (C=O) groups excluding carboxylic acids is 5. The highest BCUT2D eigenvalue weighted by Gasteiger charge is 2.65. The lowest BCUT2D eigenvalue weighted by Gasteiger charge is -2.32. The van der Waals surface area contributed by atoms with Gasteiger partial charge in [-0.05, 0) is 36.1 Å². The number of nitrogens with zero attached hydrogens (tertiary/aromatic N) is 2. The summed E-state index contributed by atoms with van der Waals surface area (Å²) in [5.74, 6) is -12.4. The van der Waals surface area contributed by atoms with Crippen LogP contribution < -0.4 is 10.6 Å². The molecule has 10 nitrogen and oxygen atoms in total. The number of amides is 4. The molecule has 0 aliphatic carbocycles. The number of ketones is 1. The molecule has 0 radical (unpaired) electrons. The first-order chi connectivity index (χ1) is 20.5. The molecule has 2 aliphatic rings. The van der Waals surface area contributed by atoms with Crippen molar-refractivity contribution in [3.8, 4) is 0 Å². The molecule has 2 heterocycles. The Bertz CT molecular complexity index is 1240. The molecular formula is C28H35F5N4O6S. The van der Waals surface area contributed by atoms with Crippen molar-refractivity contribution in [2.75, 3.05) is 37.9 Å². The largest absolute Gasteiger partial charge is 0.461 e. The number of rotatable bonds is 10. The summed E-state index contributed by atoms with van der Waals surface area (Å²) in [5.41, 5.74) is 0.532. The van der Waals surface area contributed by atoms with Crippen LogP contribution in [0.1, 0.15) is 48.4 Å². The van der Waals surface area contributed by atoms with Crippen molar-refractivity contribution in [3.05, 3.63) is 35.4 Å². The zero-order valence-electron chi connectivity index (χ0n) is 24.6. The van der Waals surface area contributed by atoms with Crippen LogP contribution in [0.2, 0.25) is 0 Å². The molecular weight excluding hydrogens is 615 g/mol. The van der Waals surface area contributed by atoms with Gasteiger partial charge in [0.25, 0.3) is 11.8 Å². The zero-order chi connectivity index (χ0) is 33.0. The van der Waals surface area contributed by atoms with Gasteiger partial charge in [-0.3, -0.25) is 24.0 Å². The van der Waals surface area contributed by atoms with Gasteiger partial charge in [-0.1, -0.05) is 27.7 Å². The Morgan fingerprint density at radius 3 is 1.93 bits per heavy atom. The van der Waals surface area contributed by atoms with Crippen molar-refractivity contribution < 1.29 is 50.7 Å². The molecule has 44 heavy (non-hydrogen) atoms. The van der Waals surface area contributed by atoms with Gasteiger partial charge in [-0.15, -0.1) is 11.8 Å². The minimum atomic E-state index is -6.14. The molecule has 1 unspecified atom stereocenters. The Labute approximate surface area is 255 Å². The number of halogens is 5. The van der Waals surface area contributed by atoms with Crippen molar-refractivity contribution in [1.29, 1.82) is 0 Å². The summed E-state index contributed by atoms with van der Waals surface area (Å²) in [7, 11) is 0. The van der Waals surface area contributed by atoms with E-state index in [4.69, 9.17) is 4.74 Å². The monoisotopic (exact) mass is 650 g/mol. The summed E-state index contributed by atoms with van der Waals surface area (Å²) in [6.45, 7) is 7.46. The summed E-state index contributed by atoms with van der Waals surface area (Å²) in [5, 5.41) is 4.63. The van der Waals surface area contributed by atoms with Crippen molar-refractivity contribution in [1.82, 2.24) is 20.4 Å². The highest BCUT2D eigenvalue weighted by Crippen LogP contribution is 2.37. The van der Waals surface area contributed by atoms with Crippen LogP contribution in [0.15, 0.2) is 24.3 Å². The number of nitrogens with one attached hydrogen (secondary N) is 2. The molecule has 2 aliphatic heterocycles. The second-order valence-electron chi connectivity index (χ2n) is 11.2. The van der Waals surface area contributed by atoms with Crippen molar-refractivity contribution >= 4 is 41.2 Å². The Morgan fingerprint density at radius 1 is 0.864 bits per heavy atom. The Balaban J connectivity index is 1.71. The molecule has 0 bridgehead atoms. The van der Waals surface area contributed by atoms with E-state index in [1.165, 1.54) is 38.1 Å². The smallest absolute Gasteiger partial charge is 0.378 e. The minimum Gasteiger partial charge on any atom is -0.378 e. The molecule has 2 fully saturated rings. The van der Waals surface area contributed by atoms with E-state index < -0.39 is 65.6 Å². The predicted octanol–water partition coefficient (Wildman–Crippen LogP) is 2.72. The highest BCUT2D eigenvalue weighted by molar-refractivity contribution is 7.99. The third-order valence-corrected chi connectivity index (χ3v) is 8.30. The summed E-state index contributed by atoms with van der Waals surface area (Å²) in [6.07, 6.45) is -6.14. The fraction of sp³-hybridized carbons (Fsp3) is 0.607. The molecule has 2 saturated heterocycles. The van der Waals surface area contributed by atoms with E-state index in [9.17, 15) is 45.9 Å². The lowest BCUT2D eigenvalue weighted by atomic mass is 9.95. The molecule has 4 amide bonds. The minimum absolute atomic E-state index is 0.0103. The van der Waals surface area contributed by atoms with Crippen LogP contribution in [0.4, 0.5) is 22.0 Å². The number of carbonyl (C=O) groups is 5. The van der Waals surface area contributed by atoms with Crippen LogP contribution in [0.5, 0.6) is 0 Å². The first kappa shape index (κ1) is 35.2. The number of morpholine rings is 1. The van der Waals surface area contributed by atoms with Crippen molar-refractivity contribution in [2.24, 2.45) is 11.8 Å². The maximum Gasteiger partial charge on any atom is 0.461 e. The fourth-order valence-electron chi connectivity index (χ4n) is 4.63. The van der Waals surface area contributed by atoms with Crippen LogP contribution in [-0.4, -0.2) is 107 Å². The second-order valence-corrected chi connectivity index (χ2v) is 12.2. The number of hydrogen-bond acceptors (Lipinski definition) is 7. The van der Waals surface area contributed by atoms with Crippen LogP contribution in [0.3, 0.4) is 0 Å². The van der Waals surface area contributed by atoms with Crippen LogP contribution >= 0.6 is 11.8 Å². The molecule has 3 atom stereocenters. The van der Waals surface area contributed by atoms with E-state index in [0.717, 1.165) is 16.7 Å². The second kappa shape index (κ2) is 14.2. The first-order valence-corrected chi connectivity index (χ1v) is 15.1. The number of Topliss-reactive ketones (excluding diaryl/α,β-unsaturated/α-hetero) is 1. The van der Waals surface area contributed by atoms with Crippen molar-refractivity contribution in [3.63, 3.8) is 0 Å². The number of benzene rings is 1. The SMILES string of the molecule is CC(C)C(NC(=O)[C@H]1CSCN1C(=O)[C@@H](NC(=O)c1ccc(C(=O)N2CCOCC2)cc1)C(C)C)C(=O)C(F)(F)C(F)(F)F. The third-order valence-electron chi connectivity index (χ3n) is 7.29. The summed E-state index contributed by atoms with van der Waals surface area (Å²) in [6, 6.07) is 1.27. The van der Waals surface area contributed by atoms with Gasteiger partial charge in [0.05, 0.1) is 25.1 Å². The number of hydrogen-bond donors (Lipinski definition) is 2. The van der Waals surface area contributed by atoms with Gasteiger partial charge in [0.15, 0.2) is 0 Å². The predicted molar refractivity (Wildman–Crippen MR) is 150 cm³/mol. The molecule has 1 aromatic rings. The van der Waals surface area contributed by atoms with Crippen LogP contribution in [-0.2, 0) is 19.1 Å². The molecule has 3 rings (SSSR count). The van der Waals surface area contributed by atoms with E-state index in [1.54, 1.807) is 18.7 Å². The summed E-state index contributed by atoms with van der Waals surface area (Å²) < 4.78 is 71.4. The highest BCUT2D eigenvalue weighted by atomic mass is 32.2. The van der Waals surface area contributed by atoms with E-state index in [-0.39, 0.29) is 23.1 Å². The van der Waals surface area contributed by atoms with Gasteiger partial charge in [0.2, 0.25) is 17.6 Å². The molecule has 2 N–H and O–H groups in total. The summed E-state index contributed by atoms with van der Waals surface area (Å²) in [4.78, 5) is 67.3. The maximum atomic E-state index is 13.8. The molecule has 0 spiro atoms. The molecule has 0 saturated carbocycles. The van der Waals surface area contributed by atoms with E-state index in [0.29, 0.717) is 31.9 Å². The average Bonchev–Trinajstić information content (AvgIpc) is 3.47. The standard InChI is InChI=1S/C28H35F5N4O6S/c1-15(2)20(22(38)27(29,30)28(31,32)33)34-24(40)19-13-44-14-37(19)26(42)21(16(3)4)35-23(39)17-5-7-18(8-6-17)25(41)36-9-11-43-12-10-36/h5-8,15-16,19-21H,9-14H2,1-4H3,(H,34,40)(H,35,39)/t19-,20?,21+/m1/s1. The zero-order valence-corrected chi connectivity index (χ0v) is 25.4. The Hall–Kier alpha value is -3.27. The van der Waals surface area contributed by atoms with Gasteiger partial charge in [-0.2, -0.15) is 22.0 Å². The van der Waals surface area contributed by atoms with Gasteiger partial charge in [0, 0.05) is 30.0 Å². The maximum absolute atomic E-state index is 13.8. The number of thioether (sulfide) groups is 1. The third kappa shape index (κ3) is 7.86. The number of ether oxygens (including phenoxy) is 1. The van der Waals surface area contributed by atoms with Gasteiger partial charge in [0.1, 0.15) is 12.1 Å². The van der Waals surface area contributed by atoms with Crippen molar-refractivity contribution in [2.45, 2.75) is 57.9 Å². The lowest BCUT2D eigenvalue weighted by molar-refractivity contribution is -0.270. The average molecular weight is 651 g/mol. The first-order valence-electron chi connectivity index (χ1n) is 13.9. The van der Waals surface area contributed by atoms with Gasteiger partial charge in [-0.25, -0.2) is 0 Å². The van der Waals surface area contributed by atoms with Crippen LogP contribution in [0.25, 0.3) is 0 Å². The Kier molecular flexibility index (Phi) is 11.4. The fourth-order valence-corrected chi connectivity index (χ4v) is 5.79. The van der Waals surface area contributed by atoms with Gasteiger partial charge >= 0.3 is 12.1 Å². The van der Waals surface area contributed by atoms with E-state index in [2.05, 4.69) is 5.32 Å². The normalized spacial score (nSPS) is 19.1. The van der Waals surface area contributed by atoms with Gasteiger partial charge < -0.3 is 25.2 Å². The van der Waals surface area contributed by atoms with E-state index in [1.807, 2.05) is 5.32 Å². The lowest BCUT2D eigenvalue weighted by Crippen LogP contribution is -2.60. The number of alkyl halides is 5. The molecule has 0 aromatic heterocycles. The molecule has 16 heteroatoms. The van der Waals surface area contributed by atoms with E-state index >= 15 is 0 Å². The summed E-state index contributed by atoms with van der Waals surface area (Å²) >= 11 is 1.14. The topological polar surface area (TPSA) is 125 Å². The quantitative estimate of drug-likeness (QED) is 0.373. The van der Waals surface area contributed by atoms with Crippen LogP contribution in [0, 0.1) is 11.8 Å². The Morgan fingerprint density at radius 2 is 1.41 bits per heavy atom. The molecule has 1 aromatic carbocycles.